The van der Waals surface area contributed by atoms with Crippen LogP contribution in [-0.2, 0) is 16.8 Å². The van der Waals surface area contributed by atoms with E-state index in [9.17, 15) is 9.90 Å². The van der Waals surface area contributed by atoms with E-state index in [0.29, 0.717) is 5.82 Å². The number of hydrogen-bond acceptors (Lipinski definition) is 4. The number of ketones is 1. The molecule has 2 aliphatic heterocycles. The molecule has 3 aliphatic rings. The first-order chi connectivity index (χ1) is 16.1. The second-order valence-electron chi connectivity index (χ2n) is 11.3. The number of Topliss-reactive ketones (excluding diaryl/α,β-unsaturated/α-hetero) is 1. The summed E-state index contributed by atoms with van der Waals surface area (Å²) in [7, 11) is 0. The number of fused-ring (bicyclic) bond motifs is 2. The lowest BCUT2D eigenvalue weighted by molar-refractivity contribution is -0.187. The minimum Gasteiger partial charge on any atom is -0.384 e. The molecule has 0 amide bonds. The van der Waals surface area contributed by atoms with Crippen LogP contribution in [0.3, 0.4) is 0 Å². The molecule has 1 saturated heterocycles. The van der Waals surface area contributed by atoms with Crippen molar-refractivity contribution in [2.75, 3.05) is 0 Å². The van der Waals surface area contributed by atoms with Gasteiger partial charge in [0.15, 0.2) is 5.82 Å². The molecule has 0 radical (unpaired) electrons. The Morgan fingerprint density at radius 3 is 2.50 bits per heavy atom. The Labute approximate surface area is 202 Å². The zero-order valence-electron chi connectivity index (χ0n) is 20.9. The standard InChI is InChI=1S/C29H36N2O3/c1-17-16-30-27(31-17)24(32)14-21-6-7-22(15-23(21)20-10-12-28(4,5)13-11-20)29(33)18(2)25-8-9-26(34-25)19(29)3/h6-10,15-16,18-19,25-26,33H,11-14H2,1-5H3,(H,30,31)/t18-,19+,25+,26?,29?/m0/s1. The Balaban J connectivity index is 1.55. The van der Waals surface area contributed by atoms with Crippen LogP contribution in [0.25, 0.3) is 5.57 Å². The Bertz CT molecular complexity index is 1150. The fourth-order valence-electron chi connectivity index (χ4n) is 5.91. The predicted octanol–water partition coefficient (Wildman–Crippen LogP) is 5.53. The number of aryl methyl sites for hydroxylation is 1. The molecule has 1 aromatic carbocycles. The van der Waals surface area contributed by atoms with E-state index in [2.05, 4.69) is 62.0 Å². The van der Waals surface area contributed by atoms with E-state index in [1.165, 1.54) is 5.57 Å². The smallest absolute Gasteiger partial charge is 0.202 e. The van der Waals surface area contributed by atoms with Crippen molar-refractivity contribution in [2.24, 2.45) is 17.3 Å². The number of rotatable bonds is 5. The van der Waals surface area contributed by atoms with Gasteiger partial charge in [0.2, 0.25) is 5.78 Å². The van der Waals surface area contributed by atoms with Crippen molar-refractivity contribution in [3.8, 4) is 0 Å². The molecule has 2 unspecified atom stereocenters. The predicted molar refractivity (Wildman–Crippen MR) is 133 cm³/mol. The number of aromatic amines is 1. The number of ether oxygens (including phenoxy) is 1. The molecule has 5 rings (SSSR count). The number of hydrogen-bond donors (Lipinski definition) is 2. The van der Waals surface area contributed by atoms with E-state index >= 15 is 0 Å². The quantitative estimate of drug-likeness (QED) is 0.454. The highest BCUT2D eigenvalue weighted by Crippen LogP contribution is 2.50. The van der Waals surface area contributed by atoms with Gasteiger partial charge < -0.3 is 14.8 Å². The Kier molecular flexibility index (Phi) is 5.69. The van der Waals surface area contributed by atoms with Gasteiger partial charge in [-0.3, -0.25) is 4.79 Å². The number of aromatic nitrogens is 2. The third-order valence-corrected chi connectivity index (χ3v) is 8.39. The van der Waals surface area contributed by atoms with E-state index in [0.717, 1.165) is 41.6 Å². The van der Waals surface area contributed by atoms with Gasteiger partial charge in [0.1, 0.15) is 5.60 Å². The second-order valence-corrected chi connectivity index (χ2v) is 11.3. The molecule has 2 aromatic rings. The molecule has 2 bridgehead atoms. The monoisotopic (exact) mass is 460 g/mol. The van der Waals surface area contributed by atoms with Gasteiger partial charge in [-0.25, -0.2) is 4.98 Å². The van der Waals surface area contributed by atoms with Crippen LogP contribution in [0.5, 0.6) is 0 Å². The highest BCUT2D eigenvalue weighted by molar-refractivity contribution is 5.95. The van der Waals surface area contributed by atoms with E-state index in [4.69, 9.17) is 4.74 Å². The summed E-state index contributed by atoms with van der Waals surface area (Å²) in [5.41, 5.74) is 4.44. The van der Waals surface area contributed by atoms with Crippen molar-refractivity contribution in [1.29, 1.82) is 0 Å². The van der Waals surface area contributed by atoms with Gasteiger partial charge in [-0.1, -0.05) is 58.1 Å². The van der Waals surface area contributed by atoms with Crippen molar-refractivity contribution in [1.82, 2.24) is 9.97 Å². The summed E-state index contributed by atoms with van der Waals surface area (Å²) in [6.45, 7) is 10.7. The van der Waals surface area contributed by atoms with Crippen LogP contribution >= 0.6 is 0 Å². The maximum atomic E-state index is 13.0. The molecule has 3 heterocycles. The van der Waals surface area contributed by atoms with Crippen LogP contribution in [0.15, 0.2) is 42.6 Å². The van der Waals surface area contributed by atoms with Crippen LogP contribution in [0, 0.1) is 24.2 Å². The minimum atomic E-state index is -0.999. The maximum Gasteiger partial charge on any atom is 0.202 e. The van der Waals surface area contributed by atoms with Gasteiger partial charge in [0, 0.05) is 30.1 Å². The maximum absolute atomic E-state index is 13.0. The molecule has 5 nitrogen and oxygen atoms in total. The van der Waals surface area contributed by atoms with Crippen LogP contribution in [0.4, 0.5) is 0 Å². The average Bonchev–Trinajstić information content (AvgIpc) is 3.45. The average molecular weight is 461 g/mol. The molecule has 5 heteroatoms. The SMILES string of the molecule is Cc1cnc(C(=O)Cc2ccc(C3(O)[C@H](C)C4C=C[C@@H](O4)[C@@H]3C)cc2C2=CCC(C)(C)CC2)[nH]1. The number of aliphatic hydroxyl groups is 1. The number of carbonyl (C=O) groups is 1. The highest BCUT2D eigenvalue weighted by Gasteiger charge is 2.53. The summed E-state index contributed by atoms with van der Waals surface area (Å²) < 4.78 is 6.10. The molecule has 0 spiro atoms. The summed E-state index contributed by atoms with van der Waals surface area (Å²) in [5.74, 6) is 0.248. The summed E-state index contributed by atoms with van der Waals surface area (Å²) in [5, 5.41) is 12.1. The number of carbonyl (C=O) groups excluding carboxylic acids is 1. The van der Waals surface area contributed by atoms with Crippen molar-refractivity contribution < 1.29 is 14.6 Å². The largest absolute Gasteiger partial charge is 0.384 e. The summed E-state index contributed by atoms with van der Waals surface area (Å²) in [6, 6.07) is 6.21. The fraction of sp³-hybridized carbons (Fsp3) is 0.517. The van der Waals surface area contributed by atoms with Crippen molar-refractivity contribution in [3.63, 3.8) is 0 Å². The topological polar surface area (TPSA) is 75.2 Å². The number of imidazole rings is 1. The molecule has 1 aliphatic carbocycles. The molecular weight excluding hydrogens is 424 g/mol. The van der Waals surface area contributed by atoms with Crippen LogP contribution < -0.4 is 0 Å². The number of allylic oxidation sites excluding steroid dienone is 2. The van der Waals surface area contributed by atoms with E-state index < -0.39 is 5.60 Å². The lowest BCUT2D eigenvalue weighted by Crippen LogP contribution is -2.53. The molecule has 0 saturated carbocycles. The van der Waals surface area contributed by atoms with Gasteiger partial charge in [-0.05, 0) is 59.9 Å². The molecule has 1 fully saturated rings. The van der Waals surface area contributed by atoms with Crippen LogP contribution in [0.1, 0.15) is 80.0 Å². The molecule has 2 N–H and O–H groups in total. The molecule has 180 valence electrons. The van der Waals surface area contributed by atoms with E-state index in [1.54, 1.807) is 6.20 Å². The first-order valence-electron chi connectivity index (χ1n) is 12.5. The van der Waals surface area contributed by atoms with Crippen LogP contribution in [0.2, 0.25) is 0 Å². The van der Waals surface area contributed by atoms with Gasteiger partial charge >= 0.3 is 0 Å². The van der Waals surface area contributed by atoms with Gasteiger partial charge in [-0.2, -0.15) is 0 Å². The number of benzene rings is 1. The van der Waals surface area contributed by atoms with Gasteiger partial charge in [0.25, 0.3) is 0 Å². The number of nitrogens with zero attached hydrogens (tertiary/aromatic N) is 1. The molecule has 34 heavy (non-hydrogen) atoms. The van der Waals surface area contributed by atoms with Gasteiger partial charge in [0.05, 0.1) is 12.2 Å². The zero-order chi connectivity index (χ0) is 24.3. The Hall–Kier alpha value is -2.50. The highest BCUT2D eigenvalue weighted by atomic mass is 16.5. The summed E-state index contributed by atoms with van der Waals surface area (Å²) >= 11 is 0. The Morgan fingerprint density at radius 1 is 1.21 bits per heavy atom. The minimum absolute atomic E-state index is 0.0207. The van der Waals surface area contributed by atoms with Crippen LogP contribution in [-0.4, -0.2) is 33.1 Å². The molecule has 1 aromatic heterocycles. The summed E-state index contributed by atoms with van der Waals surface area (Å²) in [4.78, 5) is 20.3. The van der Waals surface area contributed by atoms with E-state index in [-0.39, 0.29) is 41.7 Å². The van der Waals surface area contributed by atoms with Crippen molar-refractivity contribution >= 4 is 11.4 Å². The molecular formula is C29H36N2O3. The zero-order valence-corrected chi connectivity index (χ0v) is 20.9. The Morgan fingerprint density at radius 2 is 1.91 bits per heavy atom. The fourth-order valence-corrected chi connectivity index (χ4v) is 5.91. The van der Waals surface area contributed by atoms with Gasteiger partial charge in [-0.15, -0.1) is 0 Å². The lowest BCUT2D eigenvalue weighted by atomic mass is 9.68. The number of H-pyrrole nitrogens is 1. The lowest BCUT2D eigenvalue weighted by Gasteiger charge is -2.47. The summed E-state index contributed by atoms with van der Waals surface area (Å²) in [6.07, 6.45) is 11.4. The van der Waals surface area contributed by atoms with E-state index in [1.807, 2.05) is 19.1 Å². The molecule has 5 atom stereocenters. The second kappa shape index (κ2) is 8.31. The third kappa shape index (κ3) is 3.89. The normalized spacial score (nSPS) is 32.0. The first-order valence-corrected chi connectivity index (χ1v) is 12.5. The van der Waals surface area contributed by atoms with Crippen molar-refractivity contribution in [2.45, 2.75) is 78.1 Å². The third-order valence-electron chi connectivity index (χ3n) is 8.39. The van der Waals surface area contributed by atoms with Crippen molar-refractivity contribution in [3.05, 3.63) is 70.8 Å². The first kappa shape index (κ1) is 23.3. The number of nitrogens with one attached hydrogen (secondary N) is 1.